The first-order valence-corrected chi connectivity index (χ1v) is 15.1. The number of rotatable bonds is 12. The van der Waals surface area contributed by atoms with Crippen LogP contribution < -0.4 is 0 Å². The van der Waals surface area contributed by atoms with Gasteiger partial charge in [0.25, 0.3) is 0 Å². The summed E-state index contributed by atoms with van der Waals surface area (Å²) in [5, 5.41) is 134. The first-order valence-electron chi connectivity index (χ1n) is 15.1. The van der Waals surface area contributed by atoms with Crippen molar-refractivity contribution in [3.05, 3.63) is 0 Å². The molecule has 0 aliphatic carbocycles. The molecule has 0 aromatic carbocycles. The number of aliphatic hydroxyl groups is 13. The van der Waals surface area contributed by atoms with Crippen molar-refractivity contribution < 1.29 is 104 Å². The number of hydrogen-bond donors (Lipinski definition) is 13. The van der Waals surface area contributed by atoms with E-state index in [0.717, 1.165) is 0 Å². The molecule has 0 amide bonds. The zero-order chi connectivity index (χ0) is 34.7. The van der Waals surface area contributed by atoms with Gasteiger partial charge in [-0.1, -0.05) is 0 Å². The molecule has 0 aromatic heterocycles. The van der Waals surface area contributed by atoms with Crippen LogP contribution in [0.4, 0.5) is 0 Å². The topological polar surface area (TPSA) is 337 Å². The molecule has 13 N–H and O–H groups in total. The standard InChI is InChI=1S/C26H46O21/c1-2-40-23-19(38)15(34)21(8(4-28)43-23)47-26-20(39)16(35)22(9(5-29)44-26)46-25-18(37)14(33)12(31)10(45-25)6-41-24-17(36)13(32)11(30)7(3-27)42-24/h7-39H,2-6H2,1H3/t7-,8-,9-,10-,11-,12-,13+,14+,15-,16-,17-,18-,19-,20-,21-,22-,23-,24+,25-,26-/m1/s1. The van der Waals surface area contributed by atoms with Gasteiger partial charge in [0.1, 0.15) is 97.7 Å². The smallest absolute Gasteiger partial charge is 0.187 e. The quantitative estimate of drug-likeness (QED) is 0.0901. The Morgan fingerprint density at radius 1 is 0.404 bits per heavy atom. The first-order chi connectivity index (χ1) is 22.3. The minimum absolute atomic E-state index is 0.107. The summed E-state index contributed by atoms with van der Waals surface area (Å²) in [6.07, 6.45) is -33.6. The number of aliphatic hydroxyl groups excluding tert-OH is 13. The molecule has 47 heavy (non-hydrogen) atoms. The van der Waals surface area contributed by atoms with Crippen LogP contribution in [0.25, 0.3) is 0 Å². The molecular weight excluding hydrogens is 648 g/mol. The first kappa shape index (κ1) is 39.0. The van der Waals surface area contributed by atoms with E-state index in [1.807, 2.05) is 0 Å². The van der Waals surface area contributed by atoms with Crippen molar-refractivity contribution in [3.63, 3.8) is 0 Å². The lowest BCUT2D eigenvalue weighted by atomic mass is 9.96. The predicted octanol–water partition coefficient (Wildman–Crippen LogP) is -8.70. The second-order valence-corrected chi connectivity index (χ2v) is 11.6. The van der Waals surface area contributed by atoms with E-state index in [0.29, 0.717) is 0 Å². The Kier molecular flexibility index (Phi) is 14.0. The molecule has 21 heteroatoms. The second kappa shape index (κ2) is 16.9. The summed E-state index contributed by atoms with van der Waals surface area (Å²) < 4.78 is 43.5. The molecule has 4 heterocycles. The van der Waals surface area contributed by atoms with Crippen LogP contribution in [0.1, 0.15) is 6.92 Å². The minimum Gasteiger partial charge on any atom is -0.394 e. The molecule has 4 aliphatic rings. The summed E-state index contributed by atoms with van der Waals surface area (Å²) >= 11 is 0. The fraction of sp³-hybridized carbons (Fsp3) is 1.00. The van der Waals surface area contributed by atoms with Gasteiger partial charge >= 0.3 is 0 Å². The van der Waals surface area contributed by atoms with Gasteiger partial charge in [-0.2, -0.15) is 0 Å². The molecule has 0 spiro atoms. The van der Waals surface area contributed by atoms with E-state index < -0.39 is 149 Å². The van der Waals surface area contributed by atoms with Gasteiger partial charge in [-0.05, 0) is 6.92 Å². The lowest BCUT2D eigenvalue weighted by Crippen LogP contribution is -2.66. The number of hydrogen-bond acceptors (Lipinski definition) is 21. The highest BCUT2D eigenvalue weighted by Crippen LogP contribution is 2.33. The maximum atomic E-state index is 10.9. The van der Waals surface area contributed by atoms with Crippen LogP contribution in [-0.2, 0) is 37.9 Å². The van der Waals surface area contributed by atoms with E-state index in [1.165, 1.54) is 0 Å². The van der Waals surface area contributed by atoms with Crippen LogP contribution in [-0.4, -0.2) is 222 Å². The summed E-state index contributed by atoms with van der Waals surface area (Å²) in [5.41, 5.74) is 0. The maximum absolute atomic E-state index is 10.9. The third-order valence-electron chi connectivity index (χ3n) is 8.50. The third-order valence-corrected chi connectivity index (χ3v) is 8.50. The SMILES string of the molecule is CCO[C@@H]1O[C@H](CO)[C@@H](O[C@H]2O[C@H](CO)[C@@H](O[C@H]3O[C@H](CO[C@H]4O[C@H](CO)[C@@H](O)[C@H](O)[C@H]4O)[C@@H](O)[C@H](O)[C@H]3O)[C@H](O)[C@H]2O)[C@H](O)[C@H]1O. The molecule has 0 saturated carbocycles. The van der Waals surface area contributed by atoms with Gasteiger partial charge in [0.05, 0.1) is 26.4 Å². The lowest BCUT2D eigenvalue weighted by Gasteiger charge is -2.48. The predicted molar refractivity (Wildman–Crippen MR) is 143 cm³/mol. The monoisotopic (exact) mass is 694 g/mol. The van der Waals surface area contributed by atoms with Gasteiger partial charge < -0.3 is 104 Å². The minimum atomic E-state index is -1.97. The van der Waals surface area contributed by atoms with Crippen LogP contribution in [0, 0.1) is 0 Å². The highest BCUT2D eigenvalue weighted by atomic mass is 16.8. The summed E-state index contributed by atoms with van der Waals surface area (Å²) in [4.78, 5) is 0. The van der Waals surface area contributed by atoms with Crippen LogP contribution in [0.3, 0.4) is 0 Å². The Morgan fingerprint density at radius 2 is 0.766 bits per heavy atom. The molecule has 21 nitrogen and oxygen atoms in total. The Bertz CT molecular complexity index is 944. The van der Waals surface area contributed by atoms with Crippen LogP contribution >= 0.6 is 0 Å². The van der Waals surface area contributed by atoms with E-state index in [2.05, 4.69) is 0 Å². The highest BCUT2D eigenvalue weighted by molar-refractivity contribution is 4.97. The van der Waals surface area contributed by atoms with E-state index in [9.17, 15) is 66.4 Å². The fourth-order valence-electron chi connectivity index (χ4n) is 5.73. The van der Waals surface area contributed by atoms with Crippen LogP contribution in [0.15, 0.2) is 0 Å². The Hall–Kier alpha value is -0.840. The van der Waals surface area contributed by atoms with E-state index >= 15 is 0 Å². The zero-order valence-electron chi connectivity index (χ0n) is 25.2. The van der Waals surface area contributed by atoms with Crippen LogP contribution in [0.5, 0.6) is 0 Å². The van der Waals surface area contributed by atoms with E-state index in [4.69, 9.17) is 37.9 Å². The molecule has 0 bridgehead atoms. The van der Waals surface area contributed by atoms with E-state index in [-0.39, 0.29) is 6.61 Å². The zero-order valence-corrected chi connectivity index (χ0v) is 25.2. The molecule has 4 aliphatic heterocycles. The van der Waals surface area contributed by atoms with Gasteiger partial charge in [-0.3, -0.25) is 0 Å². The normalized spacial score (nSPS) is 51.2. The van der Waals surface area contributed by atoms with Crippen molar-refractivity contribution >= 4 is 0 Å². The molecule has 0 aromatic rings. The van der Waals surface area contributed by atoms with Crippen molar-refractivity contribution in [1.82, 2.24) is 0 Å². The molecule has 4 saturated heterocycles. The second-order valence-electron chi connectivity index (χ2n) is 11.6. The highest BCUT2D eigenvalue weighted by Gasteiger charge is 2.54. The molecule has 0 unspecified atom stereocenters. The Morgan fingerprint density at radius 3 is 1.26 bits per heavy atom. The van der Waals surface area contributed by atoms with Gasteiger partial charge in [-0.15, -0.1) is 0 Å². The maximum Gasteiger partial charge on any atom is 0.187 e. The van der Waals surface area contributed by atoms with Gasteiger partial charge in [0, 0.05) is 6.61 Å². The van der Waals surface area contributed by atoms with Crippen molar-refractivity contribution in [3.8, 4) is 0 Å². The summed E-state index contributed by atoms with van der Waals surface area (Å²) in [7, 11) is 0. The van der Waals surface area contributed by atoms with Crippen molar-refractivity contribution in [2.75, 3.05) is 33.0 Å². The van der Waals surface area contributed by atoms with Crippen molar-refractivity contribution in [2.24, 2.45) is 0 Å². The van der Waals surface area contributed by atoms with Gasteiger partial charge in [-0.25, -0.2) is 0 Å². The van der Waals surface area contributed by atoms with Crippen LogP contribution in [0.2, 0.25) is 0 Å². The largest absolute Gasteiger partial charge is 0.394 e. The van der Waals surface area contributed by atoms with Gasteiger partial charge in [0.15, 0.2) is 25.2 Å². The Labute approximate surface area is 267 Å². The van der Waals surface area contributed by atoms with Crippen molar-refractivity contribution in [1.29, 1.82) is 0 Å². The molecular formula is C26H46O21. The summed E-state index contributed by atoms with van der Waals surface area (Å²) in [6, 6.07) is 0. The molecule has 4 rings (SSSR count). The summed E-state index contributed by atoms with van der Waals surface area (Å²) in [5.74, 6) is 0. The Balaban J connectivity index is 1.41. The van der Waals surface area contributed by atoms with E-state index in [1.54, 1.807) is 6.92 Å². The average molecular weight is 695 g/mol. The molecule has 4 fully saturated rings. The average Bonchev–Trinajstić information content (AvgIpc) is 3.06. The molecule has 20 atom stereocenters. The summed E-state index contributed by atoms with van der Waals surface area (Å²) in [6.45, 7) is -1.29. The lowest BCUT2D eigenvalue weighted by molar-refractivity contribution is -0.381. The van der Waals surface area contributed by atoms with Gasteiger partial charge in [0.2, 0.25) is 0 Å². The third kappa shape index (κ3) is 8.22. The van der Waals surface area contributed by atoms with Crippen molar-refractivity contribution in [2.45, 2.75) is 130 Å². The fourth-order valence-corrected chi connectivity index (χ4v) is 5.73. The number of ether oxygens (including phenoxy) is 8. The molecule has 276 valence electrons. The molecule has 0 radical (unpaired) electrons.